The molecule has 2 heterocycles. The maximum atomic E-state index is 13.3. The number of hydrogen-bond acceptors (Lipinski definition) is 4. The van der Waals surface area contributed by atoms with E-state index in [-0.39, 0.29) is 17.4 Å². The van der Waals surface area contributed by atoms with Crippen LogP contribution in [0.1, 0.15) is 30.7 Å². The van der Waals surface area contributed by atoms with Crippen LogP contribution < -0.4 is 11.1 Å². The van der Waals surface area contributed by atoms with Gasteiger partial charge in [0, 0.05) is 22.9 Å². The Labute approximate surface area is 153 Å². The molecule has 5 N–H and O–H groups in total. The van der Waals surface area contributed by atoms with E-state index in [0.717, 1.165) is 47.6 Å². The molecule has 0 radical (unpaired) electrons. The normalized spacial score (nSPS) is 32.6. The van der Waals surface area contributed by atoms with Gasteiger partial charge in [-0.3, -0.25) is 5.10 Å². The minimum Gasteiger partial charge on any atom is -0.394 e. The molecule has 5 nitrogen and oxygen atoms in total. The van der Waals surface area contributed by atoms with Gasteiger partial charge in [-0.15, -0.1) is 0 Å². The van der Waals surface area contributed by atoms with Crippen molar-refractivity contribution in [1.29, 1.82) is 5.41 Å². The minimum absolute atomic E-state index is 0.00856. The van der Waals surface area contributed by atoms with Crippen LogP contribution in [0, 0.1) is 23.2 Å². The summed E-state index contributed by atoms with van der Waals surface area (Å²) in [5.41, 5.74) is 7.07. The minimum atomic E-state index is -4.64. The summed E-state index contributed by atoms with van der Waals surface area (Å²) in [6.07, 6.45) is 1.10. The molecule has 1 aromatic carbocycles. The van der Waals surface area contributed by atoms with Gasteiger partial charge in [0.25, 0.3) is 0 Å². The lowest BCUT2D eigenvalue weighted by Crippen LogP contribution is -2.44. The Hall–Kier alpha value is -2.51. The van der Waals surface area contributed by atoms with Crippen LogP contribution in [-0.4, -0.2) is 28.6 Å². The van der Waals surface area contributed by atoms with Crippen LogP contribution in [0.25, 0.3) is 10.9 Å². The summed E-state index contributed by atoms with van der Waals surface area (Å²) in [7, 11) is 0. The first-order valence-corrected chi connectivity index (χ1v) is 9.20. The summed E-state index contributed by atoms with van der Waals surface area (Å²) in [4.78, 5) is 0. The summed E-state index contributed by atoms with van der Waals surface area (Å²) < 4.78 is 39.9. The highest BCUT2D eigenvalue weighted by atomic mass is 19.4. The number of fused-ring (bicyclic) bond motifs is 9. The molecular weight excluding hydrogens is 355 g/mol. The molecule has 5 rings (SSSR count). The third-order valence-electron chi connectivity index (χ3n) is 6.78. The summed E-state index contributed by atoms with van der Waals surface area (Å²) in [6.45, 7) is 0. The molecule has 2 fully saturated rings. The van der Waals surface area contributed by atoms with Gasteiger partial charge in [-0.25, -0.2) is 0 Å². The molecule has 27 heavy (non-hydrogen) atoms. The number of halogens is 3. The number of nitrogens with two attached hydrogens (primary N) is 1. The van der Waals surface area contributed by atoms with E-state index in [2.05, 4.69) is 15.5 Å². The third-order valence-corrected chi connectivity index (χ3v) is 6.78. The van der Waals surface area contributed by atoms with E-state index in [1.54, 1.807) is 6.20 Å². The van der Waals surface area contributed by atoms with Crippen molar-refractivity contribution in [3.05, 3.63) is 35.2 Å². The first-order chi connectivity index (χ1) is 12.9. The van der Waals surface area contributed by atoms with Gasteiger partial charge in [0.05, 0.1) is 17.8 Å². The van der Waals surface area contributed by atoms with Gasteiger partial charge < -0.3 is 16.5 Å². The maximum Gasteiger partial charge on any atom is 0.431 e. The number of hydrogen-bond donors (Lipinski definition) is 4. The molecule has 0 amide bonds. The van der Waals surface area contributed by atoms with E-state index >= 15 is 0 Å². The zero-order chi connectivity index (χ0) is 18.9. The van der Waals surface area contributed by atoms with Crippen LogP contribution in [-0.2, 0) is 0 Å². The van der Waals surface area contributed by atoms with E-state index < -0.39 is 17.9 Å². The Morgan fingerprint density at radius 3 is 2.78 bits per heavy atom. The van der Waals surface area contributed by atoms with Crippen LogP contribution in [0.4, 0.5) is 18.9 Å². The number of anilines is 1. The second kappa shape index (κ2) is 5.50. The predicted octanol–water partition coefficient (Wildman–Crippen LogP) is 3.91. The number of alkyl halides is 3. The number of aromatic amines is 1. The lowest BCUT2D eigenvalue weighted by atomic mass is 9.67. The molecule has 2 unspecified atom stereocenters. The quantitative estimate of drug-likeness (QED) is 0.600. The van der Waals surface area contributed by atoms with E-state index in [9.17, 15) is 13.2 Å². The fraction of sp³-hybridized carbons (Fsp3) is 0.474. The van der Waals surface area contributed by atoms with Gasteiger partial charge in [-0.2, -0.15) is 18.3 Å². The summed E-state index contributed by atoms with van der Waals surface area (Å²) in [5.74, 6) is 0.989. The van der Waals surface area contributed by atoms with E-state index in [1.807, 2.05) is 12.1 Å². The number of H-pyrrole nitrogens is 1. The standard InChI is InChI=1S/C19H20F3N5/c20-19(21,22)18(24)10(6-23)17-15-9-2-1-8(5-9)14(15)16-11-7-25-27-12(11)3-4-13(16)26-17/h3-4,6-9,14-15,17,23,26H,1-2,5,24H2,(H,25,27)/b18-10+,23-6?/t8?,9?,14-,15+,17-/m0/s1. The Bertz CT molecular complexity index is 960. The smallest absolute Gasteiger partial charge is 0.394 e. The van der Waals surface area contributed by atoms with Crippen molar-refractivity contribution in [2.45, 2.75) is 37.4 Å². The van der Waals surface area contributed by atoms with Crippen LogP contribution in [0.3, 0.4) is 0 Å². The molecule has 1 aliphatic heterocycles. The Kier molecular flexibility index (Phi) is 3.39. The molecule has 5 atom stereocenters. The van der Waals surface area contributed by atoms with E-state index in [0.29, 0.717) is 11.8 Å². The molecule has 3 aliphatic rings. The Morgan fingerprint density at radius 1 is 1.26 bits per heavy atom. The van der Waals surface area contributed by atoms with Crippen molar-refractivity contribution in [2.24, 2.45) is 23.5 Å². The average Bonchev–Trinajstić information content (AvgIpc) is 3.36. The molecule has 2 aromatic rings. The lowest BCUT2D eigenvalue weighted by Gasteiger charge is -2.44. The van der Waals surface area contributed by atoms with Crippen molar-refractivity contribution < 1.29 is 13.2 Å². The molecule has 2 bridgehead atoms. The Balaban J connectivity index is 1.71. The van der Waals surface area contributed by atoms with Gasteiger partial charge in [0.1, 0.15) is 5.70 Å². The molecule has 0 spiro atoms. The largest absolute Gasteiger partial charge is 0.431 e. The highest BCUT2D eigenvalue weighted by Crippen LogP contribution is 2.62. The highest BCUT2D eigenvalue weighted by Gasteiger charge is 2.55. The first kappa shape index (κ1) is 16.6. The van der Waals surface area contributed by atoms with Crippen LogP contribution in [0.5, 0.6) is 0 Å². The van der Waals surface area contributed by atoms with Crippen molar-refractivity contribution in [2.75, 3.05) is 5.32 Å². The zero-order valence-electron chi connectivity index (χ0n) is 14.5. The van der Waals surface area contributed by atoms with Crippen LogP contribution in [0.2, 0.25) is 0 Å². The van der Waals surface area contributed by atoms with Gasteiger partial charge in [-0.05, 0) is 60.6 Å². The monoisotopic (exact) mass is 375 g/mol. The first-order valence-electron chi connectivity index (χ1n) is 9.20. The van der Waals surface area contributed by atoms with Gasteiger partial charge in [0.2, 0.25) is 0 Å². The average molecular weight is 375 g/mol. The number of aromatic nitrogens is 2. The highest BCUT2D eigenvalue weighted by molar-refractivity contribution is 5.90. The van der Waals surface area contributed by atoms with E-state index in [1.165, 1.54) is 0 Å². The summed E-state index contributed by atoms with van der Waals surface area (Å²) >= 11 is 0. The van der Waals surface area contributed by atoms with Crippen molar-refractivity contribution in [3.63, 3.8) is 0 Å². The fourth-order valence-corrected chi connectivity index (χ4v) is 5.82. The van der Waals surface area contributed by atoms with Gasteiger partial charge >= 0.3 is 6.18 Å². The predicted molar refractivity (Wildman–Crippen MR) is 96.6 cm³/mol. The molecule has 8 heteroatoms. The lowest BCUT2D eigenvalue weighted by molar-refractivity contribution is -0.0935. The van der Waals surface area contributed by atoms with Gasteiger partial charge in [0.15, 0.2) is 0 Å². The van der Waals surface area contributed by atoms with Crippen LogP contribution >= 0.6 is 0 Å². The summed E-state index contributed by atoms with van der Waals surface area (Å²) in [5, 5.41) is 19.1. The van der Waals surface area contributed by atoms with Crippen molar-refractivity contribution in [3.8, 4) is 0 Å². The van der Waals surface area contributed by atoms with Gasteiger partial charge in [-0.1, -0.05) is 0 Å². The maximum absolute atomic E-state index is 13.3. The number of nitrogens with one attached hydrogen (secondary N) is 3. The number of rotatable bonds is 2. The SMILES string of the molecule is N=C/C(=C(\N)C(F)(F)F)[C@@H]1Nc2ccc3[nH]ncc3c2[C@H]2C3CCC(C3)[C@@H]12. The Morgan fingerprint density at radius 2 is 2.04 bits per heavy atom. The fourth-order valence-electron chi connectivity index (χ4n) is 5.82. The second-order valence-corrected chi connectivity index (χ2v) is 7.93. The second-order valence-electron chi connectivity index (χ2n) is 7.93. The molecule has 2 saturated carbocycles. The molecule has 142 valence electrons. The van der Waals surface area contributed by atoms with E-state index in [4.69, 9.17) is 11.1 Å². The van der Waals surface area contributed by atoms with Crippen LogP contribution in [0.15, 0.2) is 29.6 Å². The topological polar surface area (TPSA) is 90.6 Å². The van der Waals surface area contributed by atoms with Crippen molar-refractivity contribution in [1.82, 2.24) is 10.2 Å². The zero-order valence-corrected chi connectivity index (χ0v) is 14.5. The van der Waals surface area contributed by atoms with Crippen molar-refractivity contribution >= 4 is 22.8 Å². The summed E-state index contributed by atoms with van der Waals surface area (Å²) in [6, 6.07) is 3.19. The molecule has 0 saturated heterocycles. The molecule has 1 aromatic heterocycles. The number of benzene rings is 1. The number of allylic oxidation sites excluding steroid dienone is 1. The third kappa shape index (κ3) is 2.25. The number of nitrogens with zero attached hydrogens (tertiary/aromatic N) is 1. The molecule has 2 aliphatic carbocycles. The molecular formula is C19H20F3N5.